The van der Waals surface area contributed by atoms with Gasteiger partial charge in [0.2, 0.25) is 0 Å². The summed E-state index contributed by atoms with van der Waals surface area (Å²) in [7, 11) is 0. The summed E-state index contributed by atoms with van der Waals surface area (Å²) in [6.45, 7) is 6.90. The summed E-state index contributed by atoms with van der Waals surface area (Å²) in [6, 6.07) is 70.5. The monoisotopic (exact) mass is 743 g/mol. The second-order valence-electron chi connectivity index (χ2n) is 16.2. The van der Waals surface area contributed by atoms with Gasteiger partial charge in [-0.15, -0.1) is 0 Å². The van der Waals surface area contributed by atoms with E-state index in [1.807, 2.05) is 0 Å². The highest BCUT2D eigenvalue weighted by Gasteiger charge is 2.40. The highest BCUT2D eigenvalue weighted by atomic mass is 16.3. The van der Waals surface area contributed by atoms with Crippen LogP contribution in [0.3, 0.4) is 0 Å². The second kappa shape index (κ2) is 13.2. The normalized spacial score (nSPS) is 12.9. The molecule has 1 aliphatic rings. The van der Waals surface area contributed by atoms with E-state index < -0.39 is 0 Å². The SMILES string of the molecule is Cc1cccc(-c2cccc(N(c3ccc(-c4ccccc4)cc3)c3ccc4c(c3)-c3c(c5ccccc5c5c3oc3c(-c6ccccc6)cccc35)C4(C)C)c2)c1. The van der Waals surface area contributed by atoms with Crippen LogP contribution in [-0.2, 0) is 5.41 Å². The molecule has 0 spiro atoms. The molecule has 2 heteroatoms. The Balaban J connectivity index is 1.16. The van der Waals surface area contributed by atoms with E-state index in [0.29, 0.717) is 0 Å². The van der Waals surface area contributed by atoms with Crippen molar-refractivity contribution in [1.29, 1.82) is 0 Å². The number of anilines is 3. The van der Waals surface area contributed by atoms with Crippen molar-refractivity contribution in [3.63, 3.8) is 0 Å². The van der Waals surface area contributed by atoms with Gasteiger partial charge in [-0.25, -0.2) is 0 Å². The molecule has 276 valence electrons. The Morgan fingerprint density at radius 3 is 1.76 bits per heavy atom. The Kier molecular flexibility index (Phi) is 7.78. The van der Waals surface area contributed by atoms with Gasteiger partial charge in [0, 0.05) is 44.4 Å². The maximum absolute atomic E-state index is 7.22. The van der Waals surface area contributed by atoms with Crippen molar-refractivity contribution < 1.29 is 4.42 Å². The first-order valence-corrected chi connectivity index (χ1v) is 20.2. The van der Waals surface area contributed by atoms with Crippen molar-refractivity contribution in [1.82, 2.24) is 0 Å². The van der Waals surface area contributed by atoms with E-state index in [9.17, 15) is 0 Å². The Bertz CT molecular complexity index is 3190. The average molecular weight is 744 g/mol. The number of hydrogen-bond donors (Lipinski definition) is 0. The van der Waals surface area contributed by atoms with Crippen LogP contribution in [0.15, 0.2) is 199 Å². The van der Waals surface area contributed by atoms with Crippen LogP contribution in [0.2, 0.25) is 0 Å². The Labute approximate surface area is 339 Å². The zero-order valence-corrected chi connectivity index (χ0v) is 32.8. The summed E-state index contributed by atoms with van der Waals surface area (Å²) in [6.07, 6.45) is 0. The van der Waals surface area contributed by atoms with Crippen LogP contribution in [0.5, 0.6) is 0 Å². The van der Waals surface area contributed by atoms with Crippen LogP contribution in [-0.4, -0.2) is 0 Å². The van der Waals surface area contributed by atoms with Crippen molar-refractivity contribution in [3.8, 4) is 44.5 Å². The van der Waals surface area contributed by atoms with Gasteiger partial charge in [0.05, 0.1) is 0 Å². The lowest BCUT2D eigenvalue weighted by Crippen LogP contribution is -2.16. The maximum atomic E-state index is 7.22. The molecule has 0 amide bonds. The van der Waals surface area contributed by atoms with Gasteiger partial charge in [-0.3, -0.25) is 0 Å². The molecule has 0 radical (unpaired) electrons. The third-order valence-corrected chi connectivity index (χ3v) is 12.3. The number of hydrogen-bond acceptors (Lipinski definition) is 2. The molecule has 0 saturated heterocycles. The van der Waals surface area contributed by atoms with E-state index in [4.69, 9.17) is 4.42 Å². The van der Waals surface area contributed by atoms with Crippen molar-refractivity contribution in [3.05, 3.63) is 211 Å². The van der Waals surface area contributed by atoms with Crippen LogP contribution in [0.25, 0.3) is 77.2 Å². The second-order valence-corrected chi connectivity index (χ2v) is 16.2. The first kappa shape index (κ1) is 34.1. The summed E-state index contributed by atoms with van der Waals surface area (Å²) in [4.78, 5) is 2.41. The van der Waals surface area contributed by atoms with E-state index in [1.165, 1.54) is 66.2 Å². The van der Waals surface area contributed by atoms with E-state index in [-0.39, 0.29) is 5.41 Å². The van der Waals surface area contributed by atoms with Gasteiger partial charge in [0.25, 0.3) is 0 Å². The van der Waals surface area contributed by atoms with E-state index >= 15 is 0 Å². The lowest BCUT2D eigenvalue weighted by atomic mass is 9.79. The summed E-state index contributed by atoms with van der Waals surface area (Å²) in [5.74, 6) is 0. The molecule has 58 heavy (non-hydrogen) atoms. The molecule has 0 N–H and O–H groups in total. The summed E-state index contributed by atoms with van der Waals surface area (Å²) < 4.78 is 7.22. The fourth-order valence-corrected chi connectivity index (χ4v) is 9.57. The van der Waals surface area contributed by atoms with Crippen molar-refractivity contribution in [2.45, 2.75) is 26.2 Å². The Morgan fingerprint density at radius 1 is 0.414 bits per heavy atom. The largest absolute Gasteiger partial charge is 0.455 e. The number of para-hydroxylation sites is 1. The molecule has 0 aliphatic heterocycles. The minimum Gasteiger partial charge on any atom is -0.455 e. The average Bonchev–Trinajstić information content (AvgIpc) is 3.77. The van der Waals surface area contributed by atoms with E-state index in [0.717, 1.165) is 44.7 Å². The molecular formula is C56H41NO. The Morgan fingerprint density at radius 2 is 1.00 bits per heavy atom. The molecule has 1 heterocycles. The van der Waals surface area contributed by atoms with Gasteiger partial charge in [0.1, 0.15) is 11.2 Å². The minimum atomic E-state index is -0.258. The molecular weight excluding hydrogens is 703 g/mol. The molecule has 0 atom stereocenters. The minimum absolute atomic E-state index is 0.258. The molecule has 0 bridgehead atoms. The number of benzene rings is 9. The fraction of sp³-hybridized carbons (Fsp3) is 0.0714. The van der Waals surface area contributed by atoms with E-state index in [2.05, 4.69) is 220 Å². The summed E-state index contributed by atoms with van der Waals surface area (Å²) in [5.41, 5.74) is 18.3. The molecule has 11 rings (SSSR count). The van der Waals surface area contributed by atoms with Gasteiger partial charge in [-0.05, 0) is 98.6 Å². The first-order valence-electron chi connectivity index (χ1n) is 20.2. The Hall–Kier alpha value is -7.16. The van der Waals surface area contributed by atoms with Gasteiger partial charge >= 0.3 is 0 Å². The van der Waals surface area contributed by atoms with Crippen LogP contribution in [0.1, 0.15) is 30.5 Å². The highest BCUT2D eigenvalue weighted by Crippen LogP contribution is 2.57. The molecule has 0 fully saturated rings. The van der Waals surface area contributed by atoms with Crippen LogP contribution < -0.4 is 4.90 Å². The number of furan rings is 1. The van der Waals surface area contributed by atoms with Gasteiger partial charge in [-0.1, -0.05) is 177 Å². The topological polar surface area (TPSA) is 16.4 Å². The van der Waals surface area contributed by atoms with Gasteiger partial charge in [0.15, 0.2) is 0 Å². The quantitative estimate of drug-likeness (QED) is 0.169. The predicted octanol–water partition coefficient (Wildman–Crippen LogP) is 15.8. The molecule has 1 aliphatic carbocycles. The molecule has 10 aromatic rings. The molecule has 0 unspecified atom stereocenters. The predicted molar refractivity (Wildman–Crippen MR) is 245 cm³/mol. The van der Waals surface area contributed by atoms with Crippen LogP contribution in [0.4, 0.5) is 17.1 Å². The van der Waals surface area contributed by atoms with Crippen LogP contribution in [0, 0.1) is 6.92 Å². The fourth-order valence-electron chi connectivity index (χ4n) is 9.57. The maximum Gasteiger partial charge on any atom is 0.144 e. The molecule has 9 aromatic carbocycles. The third kappa shape index (κ3) is 5.33. The highest BCUT2D eigenvalue weighted by molar-refractivity contribution is 6.26. The number of nitrogens with zero attached hydrogens (tertiary/aromatic N) is 1. The standard InChI is InChI=1S/C56H41NO/c1-36-15-12-20-40(33-36)41-21-13-22-43(34-41)57(42-29-27-38(28-30-42)37-16-6-4-7-17-37)44-31-32-50-49(35-44)52-53(56(50,2)3)47-24-11-10-23-46(47)51-48-26-14-25-45(54(48)58-55(51)52)39-18-8-5-9-19-39/h4-35H,1-3H3. The summed E-state index contributed by atoms with van der Waals surface area (Å²) in [5, 5.41) is 4.83. The lowest BCUT2D eigenvalue weighted by Gasteiger charge is -2.28. The zero-order chi connectivity index (χ0) is 39.0. The van der Waals surface area contributed by atoms with Crippen molar-refractivity contribution >= 4 is 49.8 Å². The zero-order valence-electron chi connectivity index (χ0n) is 32.8. The molecule has 0 saturated carbocycles. The molecule has 2 nitrogen and oxygen atoms in total. The molecule has 1 aromatic heterocycles. The van der Waals surface area contributed by atoms with Crippen molar-refractivity contribution in [2.75, 3.05) is 4.90 Å². The van der Waals surface area contributed by atoms with Gasteiger partial charge in [-0.2, -0.15) is 0 Å². The number of aryl methyl sites for hydroxylation is 1. The smallest absolute Gasteiger partial charge is 0.144 e. The lowest BCUT2D eigenvalue weighted by molar-refractivity contribution is 0.658. The number of rotatable bonds is 6. The van der Waals surface area contributed by atoms with Crippen molar-refractivity contribution in [2.24, 2.45) is 0 Å². The summed E-state index contributed by atoms with van der Waals surface area (Å²) >= 11 is 0. The third-order valence-electron chi connectivity index (χ3n) is 12.3. The van der Waals surface area contributed by atoms with E-state index in [1.54, 1.807) is 0 Å². The first-order chi connectivity index (χ1) is 28.4. The number of fused-ring (bicyclic) bond motifs is 10. The van der Waals surface area contributed by atoms with Crippen LogP contribution >= 0.6 is 0 Å². The van der Waals surface area contributed by atoms with Gasteiger partial charge < -0.3 is 9.32 Å².